The van der Waals surface area contributed by atoms with E-state index in [1.54, 1.807) is 24.4 Å². The number of amides is 4. The van der Waals surface area contributed by atoms with Crippen LogP contribution in [0.2, 0.25) is 0 Å². The number of piperidine rings is 1. The van der Waals surface area contributed by atoms with Gasteiger partial charge in [0, 0.05) is 49.3 Å². The highest BCUT2D eigenvalue weighted by Crippen LogP contribution is 2.39. The average Bonchev–Trinajstić information content (AvgIpc) is 3.70. The molecule has 5 aliphatic rings. The third-order valence-corrected chi connectivity index (χ3v) is 11.9. The van der Waals surface area contributed by atoms with Gasteiger partial charge in [-0.2, -0.15) is 0 Å². The maximum atomic E-state index is 13.3. The summed E-state index contributed by atoms with van der Waals surface area (Å²) in [5.74, 6) is 0.294. The Morgan fingerprint density at radius 2 is 1.59 bits per heavy atom. The van der Waals surface area contributed by atoms with Crippen LogP contribution in [0.1, 0.15) is 83.5 Å². The van der Waals surface area contributed by atoms with Crippen LogP contribution in [0.25, 0.3) is 0 Å². The van der Waals surface area contributed by atoms with Gasteiger partial charge in [-0.05, 0) is 78.9 Å². The first kappa shape index (κ1) is 35.9. The Morgan fingerprint density at radius 1 is 0.875 bits per heavy atom. The topological polar surface area (TPSA) is 152 Å². The summed E-state index contributed by atoms with van der Waals surface area (Å²) in [6, 6.07) is 22.7. The Labute approximate surface area is 324 Å². The third-order valence-electron chi connectivity index (χ3n) is 11.9. The van der Waals surface area contributed by atoms with Crippen molar-refractivity contribution in [1.29, 1.82) is 0 Å². The number of nitrogens with zero attached hydrogens (tertiary/aromatic N) is 4. The fourth-order valence-electron chi connectivity index (χ4n) is 8.50. The van der Waals surface area contributed by atoms with E-state index in [1.165, 1.54) is 11.1 Å². The lowest BCUT2D eigenvalue weighted by Crippen LogP contribution is -2.66. The molecule has 1 saturated carbocycles. The maximum Gasteiger partial charge on any atom is 0.262 e. The van der Waals surface area contributed by atoms with E-state index < -0.39 is 29.7 Å². The van der Waals surface area contributed by atoms with Gasteiger partial charge in [0.15, 0.2) is 0 Å². The third kappa shape index (κ3) is 6.74. The van der Waals surface area contributed by atoms with Crippen molar-refractivity contribution in [2.24, 2.45) is 5.41 Å². The smallest absolute Gasteiger partial charge is 0.262 e. The van der Waals surface area contributed by atoms with Gasteiger partial charge < -0.3 is 24.4 Å². The van der Waals surface area contributed by atoms with Crippen LogP contribution in [-0.2, 0) is 26.3 Å². The summed E-state index contributed by atoms with van der Waals surface area (Å²) in [6.45, 7) is 8.32. The van der Waals surface area contributed by atoms with Crippen molar-refractivity contribution in [1.82, 2.24) is 20.2 Å². The monoisotopic (exact) mass is 756 g/mol. The van der Waals surface area contributed by atoms with Gasteiger partial charge in [0.25, 0.3) is 11.8 Å². The van der Waals surface area contributed by atoms with E-state index >= 15 is 0 Å². The number of hydrogen-bond donors (Lipinski definition) is 2. The summed E-state index contributed by atoms with van der Waals surface area (Å²) in [4.78, 5) is 62.7. The molecule has 5 heterocycles. The number of nitrogens with one attached hydrogen (secondary N) is 2. The maximum absolute atomic E-state index is 13.3. The van der Waals surface area contributed by atoms with Gasteiger partial charge in [0.05, 0.1) is 35.4 Å². The number of hydrogen-bond acceptors (Lipinski definition) is 11. The molecule has 2 N–H and O–H groups in total. The summed E-state index contributed by atoms with van der Waals surface area (Å²) >= 11 is 0. The van der Waals surface area contributed by atoms with Crippen LogP contribution in [0, 0.1) is 5.41 Å². The van der Waals surface area contributed by atoms with Crippen LogP contribution in [-0.4, -0.2) is 83.0 Å². The SMILES string of the molecule is CC(C)(c1ccc(OCc2ccnc(N3CC4(COC4)C3)n2)cc1)c1ccc(OC2CCC(Nc3ccc4c(c3)C(=O)N(C3CCC(=O)NC3=O)C4=O)C2)cc1. The van der Waals surface area contributed by atoms with Crippen molar-refractivity contribution in [3.8, 4) is 11.5 Å². The quantitative estimate of drug-likeness (QED) is 0.198. The van der Waals surface area contributed by atoms with E-state index in [0.29, 0.717) is 12.0 Å². The number of rotatable bonds is 11. The van der Waals surface area contributed by atoms with Crippen molar-refractivity contribution in [2.45, 2.75) is 76.2 Å². The standard InChI is InChI=1S/C43H44N6O7/c1-42(2,26-3-9-31(10-4-26)55-21-30-17-18-44-41(46-30)48-22-43(23-48)24-54-25-43)27-5-11-32(12-6-27)56-33-13-7-28(19-33)45-29-8-14-34-35(20-29)40(53)49(39(34)52)36-15-16-37(50)47-38(36)51/h3-6,8-12,14,17-18,20,28,33,36,45H,7,13,15-16,19,21-25H2,1-2H3,(H,47,50,51). The molecule has 4 fully saturated rings. The zero-order valence-corrected chi connectivity index (χ0v) is 31.5. The van der Waals surface area contributed by atoms with Crippen molar-refractivity contribution in [3.63, 3.8) is 0 Å². The van der Waals surface area contributed by atoms with E-state index in [0.717, 1.165) is 79.3 Å². The number of carbonyl (C=O) groups excluding carboxylic acids is 4. The van der Waals surface area contributed by atoms with Crippen LogP contribution < -0.4 is 25.0 Å². The molecule has 3 unspecified atom stereocenters. The van der Waals surface area contributed by atoms with Crippen molar-refractivity contribution < 1.29 is 33.4 Å². The number of benzene rings is 3. The summed E-state index contributed by atoms with van der Waals surface area (Å²) in [7, 11) is 0. The van der Waals surface area contributed by atoms with Crippen molar-refractivity contribution in [2.75, 3.05) is 36.5 Å². The molecule has 9 rings (SSSR count). The molecule has 0 radical (unpaired) electrons. The number of aromatic nitrogens is 2. The van der Waals surface area contributed by atoms with Gasteiger partial charge in [-0.1, -0.05) is 38.1 Å². The Balaban J connectivity index is 0.762. The largest absolute Gasteiger partial charge is 0.490 e. The molecule has 4 aliphatic heterocycles. The lowest BCUT2D eigenvalue weighted by molar-refractivity contribution is -0.136. The molecular formula is C43H44N6O7. The minimum atomic E-state index is -0.987. The minimum absolute atomic E-state index is 0.0266. The molecular weight excluding hydrogens is 713 g/mol. The number of fused-ring (bicyclic) bond motifs is 1. The van der Waals surface area contributed by atoms with Crippen LogP contribution >= 0.6 is 0 Å². The first-order valence-corrected chi connectivity index (χ1v) is 19.3. The van der Waals surface area contributed by atoms with Crippen LogP contribution in [0.3, 0.4) is 0 Å². The molecule has 13 heteroatoms. The van der Waals surface area contributed by atoms with Crippen LogP contribution in [0.15, 0.2) is 79.0 Å². The Bertz CT molecular complexity index is 2200. The van der Waals surface area contributed by atoms with Gasteiger partial charge in [0.2, 0.25) is 17.8 Å². The zero-order chi connectivity index (χ0) is 38.6. The second kappa shape index (κ2) is 14.0. The van der Waals surface area contributed by atoms with E-state index in [2.05, 4.69) is 58.6 Å². The van der Waals surface area contributed by atoms with Gasteiger partial charge >= 0.3 is 0 Å². The number of carbonyl (C=O) groups is 4. The lowest BCUT2D eigenvalue weighted by Gasteiger charge is -2.54. The second-order valence-corrected chi connectivity index (χ2v) is 16.3. The minimum Gasteiger partial charge on any atom is -0.490 e. The molecule has 13 nitrogen and oxygen atoms in total. The molecule has 4 amide bonds. The summed E-state index contributed by atoms with van der Waals surface area (Å²) in [5.41, 5.74) is 4.48. The average molecular weight is 757 g/mol. The van der Waals surface area contributed by atoms with Gasteiger partial charge in [-0.3, -0.25) is 29.4 Å². The Morgan fingerprint density at radius 3 is 2.29 bits per heavy atom. The van der Waals surface area contributed by atoms with E-state index in [4.69, 9.17) is 19.2 Å². The fourth-order valence-corrected chi connectivity index (χ4v) is 8.50. The van der Waals surface area contributed by atoms with E-state index in [1.807, 2.05) is 30.3 Å². The van der Waals surface area contributed by atoms with Gasteiger partial charge in [-0.25, -0.2) is 9.97 Å². The normalized spacial score (nSPS) is 22.7. The molecule has 3 aromatic carbocycles. The number of ether oxygens (including phenoxy) is 3. The zero-order valence-electron chi connectivity index (χ0n) is 31.5. The van der Waals surface area contributed by atoms with Crippen LogP contribution in [0.5, 0.6) is 11.5 Å². The summed E-state index contributed by atoms with van der Waals surface area (Å²) in [5, 5.41) is 5.74. The van der Waals surface area contributed by atoms with Crippen molar-refractivity contribution in [3.05, 3.63) is 107 Å². The summed E-state index contributed by atoms with van der Waals surface area (Å²) < 4.78 is 17.9. The molecule has 1 spiro atoms. The number of imide groups is 2. The van der Waals surface area contributed by atoms with E-state index in [9.17, 15) is 19.2 Å². The van der Waals surface area contributed by atoms with Crippen LogP contribution in [0.4, 0.5) is 11.6 Å². The highest BCUT2D eigenvalue weighted by Gasteiger charge is 2.50. The fraction of sp³-hybridized carbons (Fsp3) is 0.395. The summed E-state index contributed by atoms with van der Waals surface area (Å²) in [6.07, 6.45) is 4.57. The Kier molecular flexibility index (Phi) is 8.99. The molecule has 3 saturated heterocycles. The molecule has 0 bridgehead atoms. The van der Waals surface area contributed by atoms with E-state index in [-0.39, 0.29) is 41.5 Å². The predicted molar refractivity (Wildman–Crippen MR) is 206 cm³/mol. The van der Waals surface area contributed by atoms with Gasteiger partial charge in [-0.15, -0.1) is 0 Å². The number of anilines is 2. The first-order valence-electron chi connectivity index (χ1n) is 19.3. The molecule has 1 aliphatic carbocycles. The highest BCUT2D eigenvalue weighted by atomic mass is 16.5. The molecule has 1 aromatic heterocycles. The van der Waals surface area contributed by atoms with Crippen molar-refractivity contribution >= 4 is 35.3 Å². The molecule has 288 valence electrons. The predicted octanol–water partition coefficient (Wildman–Crippen LogP) is 5.03. The second-order valence-electron chi connectivity index (χ2n) is 16.3. The highest BCUT2D eigenvalue weighted by molar-refractivity contribution is 6.23. The molecule has 4 aromatic rings. The molecule has 3 atom stereocenters. The Hall–Kier alpha value is -5.82. The van der Waals surface area contributed by atoms with Gasteiger partial charge in [0.1, 0.15) is 30.3 Å². The molecule has 56 heavy (non-hydrogen) atoms. The first-order chi connectivity index (χ1) is 27.0. The lowest BCUT2D eigenvalue weighted by atomic mass is 9.78.